The minimum atomic E-state index is -0.121. The summed E-state index contributed by atoms with van der Waals surface area (Å²) in [5.74, 6) is 0.596. The normalized spacial score (nSPS) is 18.2. The number of benzene rings is 2. The lowest BCUT2D eigenvalue weighted by atomic mass is 10.0. The monoisotopic (exact) mass is 521 g/mol. The van der Waals surface area contributed by atoms with Gasteiger partial charge in [-0.25, -0.2) is 0 Å². The van der Waals surface area contributed by atoms with E-state index < -0.39 is 0 Å². The molecule has 7 nitrogen and oxygen atoms in total. The molecule has 1 aliphatic rings. The lowest BCUT2D eigenvalue weighted by Crippen LogP contribution is -2.42. The number of ether oxygens (including phenoxy) is 2. The van der Waals surface area contributed by atoms with E-state index in [2.05, 4.69) is 48.1 Å². The number of fused-ring (bicyclic) bond motifs is 1. The first kappa shape index (κ1) is 28.1. The lowest BCUT2D eigenvalue weighted by molar-refractivity contribution is -0.0397. The molecule has 0 spiro atoms. The van der Waals surface area contributed by atoms with Gasteiger partial charge in [0.05, 0.1) is 0 Å². The van der Waals surface area contributed by atoms with Crippen molar-refractivity contribution in [3.63, 3.8) is 0 Å². The Morgan fingerprint density at radius 3 is 2.55 bits per heavy atom. The third-order valence-electron chi connectivity index (χ3n) is 7.14. The molecule has 0 aliphatic carbocycles. The number of carbonyl (C=O) groups excluding carboxylic acids is 1. The molecule has 7 heteroatoms. The fourth-order valence-corrected chi connectivity index (χ4v) is 5.02. The summed E-state index contributed by atoms with van der Waals surface area (Å²) in [6.07, 6.45) is 7.87. The second-order valence-corrected chi connectivity index (χ2v) is 11.2. The number of nitrogens with one attached hydrogen (secondary N) is 2. The van der Waals surface area contributed by atoms with Crippen LogP contribution in [-0.4, -0.2) is 58.8 Å². The molecule has 0 radical (unpaired) electrons. The van der Waals surface area contributed by atoms with E-state index in [9.17, 15) is 4.79 Å². The van der Waals surface area contributed by atoms with E-state index in [0.717, 1.165) is 61.5 Å². The molecule has 3 N–H and O–H groups in total. The van der Waals surface area contributed by atoms with Crippen molar-refractivity contribution in [3.05, 3.63) is 65.9 Å². The quantitative estimate of drug-likeness (QED) is 0.247. The minimum absolute atomic E-state index is 0.0550. The number of hydrogen-bond donors (Lipinski definition) is 3. The predicted molar refractivity (Wildman–Crippen MR) is 151 cm³/mol. The van der Waals surface area contributed by atoms with Crippen molar-refractivity contribution in [1.82, 2.24) is 15.2 Å². The van der Waals surface area contributed by atoms with Crippen LogP contribution in [0.25, 0.3) is 10.9 Å². The molecule has 38 heavy (non-hydrogen) atoms. The van der Waals surface area contributed by atoms with Gasteiger partial charge in [-0.05, 0) is 57.4 Å². The molecule has 1 aliphatic heterocycles. The molecule has 4 rings (SSSR count). The van der Waals surface area contributed by atoms with Crippen LogP contribution in [0.2, 0.25) is 0 Å². The Hall–Kier alpha value is -2.87. The van der Waals surface area contributed by atoms with Crippen molar-refractivity contribution >= 4 is 16.8 Å². The number of aromatic amines is 1. The number of rotatable bonds is 13. The highest BCUT2D eigenvalue weighted by molar-refractivity contribution is 6.00. The zero-order chi connectivity index (χ0) is 27.0. The van der Waals surface area contributed by atoms with Crippen LogP contribution in [0.15, 0.2) is 54.7 Å². The van der Waals surface area contributed by atoms with Gasteiger partial charge in [0.25, 0.3) is 5.91 Å². The smallest absolute Gasteiger partial charge is 0.251 e. The van der Waals surface area contributed by atoms with E-state index in [-0.39, 0.29) is 30.4 Å². The summed E-state index contributed by atoms with van der Waals surface area (Å²) in [5.41, 5.74) is 2.55. The first-order valence-corrected chi connectivity index (χ1v) is 14.0. The molecular formula is C31H43N3O4. The van der Waals surface area contributed by atoms with E-state index in [4.69, 9.17) is 14.6 Å². The number of H-pyrrole nitrogens is 1. The average Bonchev–Trinajstić information content (AvgIpc) is 3.56. The largest absolute Gasteiger partial charge is 0.490 e. The standard InChI is InChI=1S/C31H43N3O4/c1-31(2,3)34-21-25(38-30(34)23-13-9-8-10-14-23)22-37-28-20-24(19-27-26(28)15-17-32-27)29(36)33-16-11-6-4-5-7-12-18-35/h8-10,13-15,17,19-20,25,30,32,35H,4-7,11-12,16,18,21-22H2,1-3H3,(H,33,36). The molecule has 2 unspecified atom stereocenters. The van der Waals surface area contributed by atoms with Gasteiger partial charge in [0, 0.05) is 47.9 Å². The number of hydrogen-bond acceptors (Lipinski definition) is 5. The molecule has 3 aromatic rings. The summed E-state index contributed by atoms with van der Waals surface area (Å²) in [5, 5.41) is 12.9. The van der Waals surface area contributed by atoms with Crippen LogP contribution in [0.5, 0.6) is 5.75 Å². The van der Waals surface area contributed by atoms with Crippen molar-refractivity contribution in [2.24, 2.45) is 0 Å². The molecule has 1 fully saturated rings. The summed E-state index contributed by atoms with van der Waals surface area (Å²) in [7, 11) is 0. The average molecular weight is 522 g/mol. The van der Waals surface area contributed by atoms with Gasteiger partial charge in [0.15, 0.2) is 0 Å². The molecule has 2 atom stereocenters. The summed E-state index contributed by atoms with van der Waals surface area (Å²) < 4.78 is 12.8. The van der Waals surface area contributed by atoms with E-state index in [1.807, 2.05) is 42.6 Å². The second kappa shape index (κ2) is 13.3. The van der Waals surface area contributed by atoms with Crippen LogP contribution in [0.4, 0.5) is 0 Å². The van der Waals surface area contributed by atoms with Gasteiger partial charge in [0.2, 0.25) is 0 Å². The Kier molecular flexibility index (Phi) is 9.83. The Bertz CT molecular complexity index is 1150. The molecule has 2 aromatic carbocycles. The Morgan fingerprint density at radius 1 is 1.08 bits per heavy atom. The topological polar surface area (TPSA) is 86.8 Å². The van der Waals surface area contributed by atoms with Crippen molar-refractivity contribution in [1.29, 1.82) is 0 Å². The van der Waals surface area contributed by atoms with Crippen molar-refractivity contribution < 1.29 is 19.4 Å². The molecule has 2 heterocycles. The molecule has 1 saturated heterocycles. The maximum absolute atomic E-state index is 12.9. The van der Waals surface area contributed by atoms with Crippen LogP contribution in [0.3, 0.4) is 0 Å². The highest BCUT2D eigenvalue weighted by Gasteiger charge is 2.40. The second-order valence-electron chi connectivity index (χ2n) is 11.2. The molecule has 0 saturated carbocycles. The van der Waals surface area contributed by atoms with E-state index in [1.165, 1.54) is 0 Å². The summed E-state index contributed by atoms with van der Waals surface area (Å²) >= 11 is 0. The van der Waals surface area contributed by atoms with Crippen LogP contribution in [0.1, 0.15) is 81.4 Å². The highest BCUT2D eigenvalue weighted by atomic mass is 16.6. The summed E-state index contributed by atoms with van der Waals surface area (Å²) in [4.78, 5) is 18.5. The van der Waals surface area contributed by atoms with Gasteiger partial charge in [-0.15, -0.1) is 0 Å². The number of nitrogens with zero attached hydrogens (tertiary/aromatic N) is 1. The van der Waals surface area contributed by atoms with Gasteiger partial charge in [-0.3, -0.25) is 9.69 Å². The highest BCUT2D eigenvalue weighted by Crippen LogP contribution is 2.36. The zero-order valence-corrected chi connectivity index (χ0v) is 23.0. The Labute approximate surface area is 226 Å². The van der Waals surface area contributed by atoms with Crippen LogP contribution in [0, 0.1) is 0 Å². The minimum Gasteiger partial charge on any atom is -0.490 e. The summed E-state index contributed by atoms with van der Waals surface area (Å²) in [6.45, 7) is 8.70. The van der Waals surface area contributed by atoms with Crippen molar-refractivity contribution in [2.75, 3.05) is 26.3 Å². The number of unbranched alkanes of at least 4 members (excludes halogenated alkanes) is 5. The maximum atomic E-state index is 12.9. The van der Waals surface area contributed by atoms with E-state index in [0.29, 0.717) is 24.5 Å². The molecule has 1 amide bonds. The molecule has 0 bridgehead atoms. The third-order valence-corrected chi connectivity index (χ3v) is 7.14. The third kappa shape index (κ3) is 7.37. The fraction of sp³-hybridized carbons (Fsp3) is 0.516. The number of aliphatic hydroxyl groups is 1. The van der Waals surface area contributed by atoms with Crippen LogP contribution >= 0.6 is 0 Å². The number of amides is 1. The van der Waals surface area contributed by atoms with Crippen molar-refractivity contribution in [2.45, 2.75) is 77.2 Å². The van der Waals surface area contributed by atoms with Crippen molar-refractivity contribution in [3.8, 4) is 5.75 Å². The van der Waals surface area contributed by atoms with Crippen LogP contribution in [-0.2, 0) is 4.74 Å². The molecule has 206 valence electrons. The first-order chi connectivity index (χ1) is 18.4. The van der Waals surface area contributed by atoms with Gasteiger partial charge in [0.1, 0.15) is 24.7 Å². The number of carbonyl (C=O) groups is 1. The summed E-state index contributed by atoms with van der Waals surface area (Å²) in [6, 6.07) is 16.0. The van der Waals surface area contributed by atoms with Gasteiger partial charge < -0.3 is 24.9 Å². The maximum Gasteiger partial charge on any atom is 0.251 e. The van der Waals surface area contributed by atoms with E-state index >= 15 is 0 Å². The number of aliphatic hydroxyl groups excluding tert-OH is 1. The van der Waals surface area contributed by atoms with E-state index in [1.54, 1.807) is 0 Å². The zero-order valence-electron chi connectivity index (χ0n) is 23.0. The van der Waals surface area contributed by atoms with Crippen LogP contribution < -0.4 is 10.1 Å². The fourth-order valence-electron chi connectivity index (χ4n) is 5.02. The molecular weight excluding hydrogens is 478 g/mol. The predicted octanol–water partition coefficient (Wildman–Crippen LogP) is 5.81. The first-order valence-electron chi connectivity index (χ1n) is 14.0. The SMILES string of the molecule is CC(C)(C)N1CC(COc2cc(C(=O)NCCCCCCCCO)cc3[nH]ccc23)OC1c1ccccc1. The number of aromatic nitrogens is 1. The lowest BCUT2D eigenvalue weighted by Gasteiger charge is -2.35. The van der Waals surface area contributed by atoms with Gasteiger partial charge in [-0.1, -0.05) is 56.0 Å². The van der Waals surface area contributed by atoms with Gasteiger partial charge >= 0.3 is 0 Å². The Balaban J connectivity index is 1.36. The van der Waals surface area contributed by atoms with Gasteiger partial charge in [-0.2, -0.15) is 0 Å². The Morgan fingerprint density at radius 2 is 1.82 bits per heavy atom. The molecule has 1 aromatic heterocycles.